The maximum atomic E-state index is 10.0. The van der Waals surface area contributed by atoms with E-state index in [1.807, 2.05) is 30.1 Å². The zero-order valence-corrected chi connectivity index (χ0v) is 14.6. The lowest BCUT2D eigenvalue weighted by molar-refractivity contribution is 0.167. The smallest absolute Gasteiger partial charge is 0.122 e. The molecule has 7 nitrogen and oxygen atoms in total. The van der Waals surface area contributed by atoms with Gasteiger partial charge in [-0.05, 0) is 18.9 Å². The van der Waals surface area contributed by atoms with Crippen molar-refractivity contribution in [1.29, 1.82) is 0 Å². The minimum Gasteiger partial charge on any atom is -0.387 e. The van der Waals surface area contributed by atoms with Gasteiger partial charge in [-0.3, -0.25) is 9.58 Å². The molecule has 0 aromatic carbocycles. The van der Waals surface area contributed by atoms with Gasteiger partial charge in [0.25, 0.3) is 0 Å². The number of rotatable bonds is 7. The maximum Gasteiger partial charge on any atom is 0.122 e. The van der Waals surface area contributed by atoms with Crippen LogP contribution in [-0.2, 0) is 30.9 Å². The summed E-state index contributed by atoms with van der Waals surface area (Å²) in [6.45, 7) is 7.06. The molecule has 1 aliphatic rings. The number of nitrogens with zero attached hydrogens (tertiary/aromatic N) is 5. The molecule has 2 aromatic heterocycles. The lowest BCUT2D eigenvalue weighted by Gasteiger charge is -2.19. The molecule has 132 valence electrons. The van der Waals surface area contributed by atoms with Crippen molar-refractivity contribution in [2.24, 2.45) is 0 Å². The van der Waals surface area contributed by atoms with Crippen LogP contribution in [0.3, 0.4) is 0 Å². The number of fused-ring (bicyclic) bond motifs is 1. The number of aryl methyl sites for hydroxylation is 1. The first-order valence-corrected chi connectivity index (χ1v) is 8.67. The van der Waals surface area contributed by atoms with Crippen molar-refractivity contribution in [3.05, 3.63) is 35.7 Å². The first-order valence-electron chi connectivity index (χ1n) is 8.67. The van der Waals surface area contributed by atoms with Crippen molar-refractivity contribution in [1.82, 2.24) is 24.2 Å². The van der Waals surface area contributed by atoms with Crippen molar-refractivity contribution < 1.29 is 9.84 Å². The molecule has 7 heteroatoms. The third-order valence-electron chi connectivity index (χ3n) is 4.54. The van der Waals surface area contributed by atoms with E-state index < -0.39 is 6.10 Å². The van der Waals surface area contributed by atoms with Crippen LogP contribution in [0.5, 0.6) is 0 Å². The summed E-state index contributed by atoms with van der Waals surface area (Å²) in [5, 5.41) is 14.6. The van der Waals surface area contributed by atoms with E-state index in [4.69, 9.17) is 4.74 Å². The van der Waals surface area contributed by atoms with Crippen LogP contribution in [0.25, 0.3) is 0 Å². The number of hydrogen-bond acceptors (Lipinski definition) is 5. The summed E-state index contributed by atoms with van der Waals surface area (Å²) in [7, 11) is 1.72. The van der Waals surface area contributed by atoms with Crippen LogP contribution in [0.4, 0.5) is 0 Å². The number of aromatic nitrogens is 4. The monoisotopic (exact) mass is 333 g/mol. The van der Waals surface area contributed by atoms with Crippen LogP contribution in [0, 0.1) is 0 Å². The molecule has 24 heavy (non-hydrogen) atoms. The van der Waals surface area contributed by atoms with Crippen LogP contribution in [0.2, 0.25) is 0 Å². The fourth-order valence-corrected chi connectivity index (χ4v) is 3.14. The molecular formula is C17H27N5O2. The van der Waals surface area contributed by atoms with E-state index in [2.05, 4.69) is 19.5 Å². The Morgan fingerprint density at radius 3 is 3.04 bits per heavy atom. The minimum absolute atomic E-state index is 0.467. The first kappa shape index (κ1) is 17.1. The molecule has 2 aromatic rings. The second-order valence-corrected chi connectivity index (χ2v) is 6.30. The van der Waals surface area contributed by atoms with E-state index in [9.17, 15) is 5.11 Å². The van der Waals surface area contributed by atoms with Crippen molar-refractivity contribution in [3.8, 4) is 0 Å². The third-order valence-corrected chi connectivity index (χ3v) is 4.54. The summed E-state index contributed by atoms with van der Waals surface area (Å²) in [6, 6.07) is 2.05. The summed E-state index contributed by atoms with van der Waals surface area (Å²) in [6.07, 6.45) is 5.13. The molecule has 0 radical (unpaired) electrons. The molecule has 0 spiro atoms. The molecule has 0 fully saturated rings. The van der Waals surface area contributed by atoms with Crippen LogP contribution in [0.15, 0.2) is 18.5 Å². The molecule has 0 aliphatic carbocycles. The van der Waals surface area contributed by atoms with E-state index in [1.165, 1.54) is 5.69 Å². The van der Waals surface area contributed by atoms with Gasteiger partial charge in [0.2, 0.25) is 0 Å². The zero-order chi connectivity index (χ0) is 16.9. The highest BCUT2D eigenvalue weighted by Crippen LogP contribution is 2.20. The second-order valence-electron chi connectivity index (χ2n) is 6.30. The Balaban J connectivity index is 1.69. The Kier molecular flexibility index (Phi) is 5.65. The number of ether oxygens (including phenoxy) is 1. The molecule has 0 bridgehead atoms. The Labute approximate surface area is 142 Å². The topological polar surface area (TPSA) is 68.3 Å². The van der Waals surface area contributed by atoms with Gasteiger partial charge < -0.3 is 14.4 Å². The van der Waals surface area contributed by atoms with Gasteiger partial charge in [0.05, 0.1) is 30.6 Å². The standard InChI is InChI=1S/C17H27N5O2/c1-3-16(23)15-11-14-12-20(6-4-7-22(14)19-15)13-17-18-5-8-21(17)9-10-24-2/h5,8,11,16,23H,3-4,6-7,9-10,12-13H2,1-2H3/t16-/m0/s1. The van der Waals surface area contributed by atoms with Gasteiger partial charge in [0.1, 0.15) is 5.82 Å². The van der Waals surface area contributed by atoms with E-state index in [0.29, 0.717) is 13.0 Å². The SMILES string of the molecule is CC[C@H](O)c1cc2n(n1)CCCN(Cc1nccn1CCOC)C2. The lowest BCUT2D eigenvalue weighted by Crippen LogP contribution is -2.25. The number of aliphatic hydroxyl groups is 1. The van der Waals surface area contributed by atoms with E-state index in [0.717, 1.165) is 50.7 Å². The molecule has 1 N–H and O–H groups in total. The Hall–Kier alpha value is -1.70. The third kappa shape index (κ3) is 3.85. The van der Waals surface area contributed by atoms with Crippen molar-refractivity contribution in [2.75, 3.05) is 20.3 Å². The molecule has 0 saturated carbocycles. The summed E-state index contributed by atoms with van der Waals surface area (Å²) in [4.78, 5) is 6.90. The Morgan fingerprint density at radius 2 is 2.25 bits per heavy atom. The van der Waals surface area contributed by atoms with Gasteiger partial charge in [-0.15, -0.1) is 0 Å². The largest absolute Gasteiger partial charge is 0.387 e. The molecule has 0 saturated heterocycles. The quantitative estimate of drug-likeness (QED) is 0.833. The molecule has 3 heterocycles. The second kappa shape index (κ2) is 7.92. The summed E-state index contributed by atoms with van der Waals surface area (Å²) < 4.78 is 9.36. The summed E-state index contributed by atoms with van der Waals surface area (Å²) in [5.41, 5.74) is 1.96. The van der Waals surface area contributed by atoms with Crippen LogP contribution < -0.4 is 0 Å². The van der Waals surface area contributed by atoms with Crippen LogP contribution in [0.1, 0.15) is 43.1 Å². The Morgan fingerprint density at radius 1 is 1.38 bits per heavy atom. The molecule has 3 rings (SSSR count). The van der Waals surface area contributed by atoms with Gasteiger partial charge in [-0.1, -0.05) is 6.92 Å². The first-order chi connectivity index (χ1) is 11.7. The minimum atomic E-state index is -0.467. The van der Waals surface area contributed by atoms with Gasteiger partial charge in [0, 0.05) is 45.7 Å². The highest BCUT2D eigenvalue weighted by atomic mass is 16.5. The average molecular weight is 333 g/mol. The maximum absolute atomic E-state index is 10.0. The molecule has 1 atom stereocenters. The summed E-state index contributed by atoms with van der Waals surface area (Å²) in [5.74, 6) is 1.06. The van der Waals surface area contributed by atoms with Crippen molar-refractivity contribution in [3.63, 3.8) is 0 Å². The van der Waals surface area contributed by atoms with Crippen molar-refractivity contribution in [2.45, 2.75) is 52.0 Å². The highest BCUT2D eigenvalue weighted by Gasteiger charge is 2.20. The van der Waals surface area contributed by atoms with Gasteiger partial charge in [-0.2, -0.15) is 5.10 Å². The number of imidazole rings is 1. The summed E-state index contributed by atoms with van der Waals surface area (Å²) >= 11 is 0. The predicted molar refractivity (Wildman–Crippen MR) is 90.3 cm³/mol. The van der Waals surface area contributed by atoms with Gasteiger partial charge >= 0.3 is 0 Å². The highest BCUT2D eigenvalue weighted by molar-refractivity contribution is 5.13. The zero-order valence-electron chi connectivity index (χ0n) is 14.6. The molecule has 1 aliphatic heterocycles. The van der Waals surface area contributed by atoms with Gasteiger partial charge in [0.15, 0.2) is 0 Å². The Bertz CT molecular complexity index is 651. The van der Waals surface area contributed by atoms with E-state index in [1.54, 1.807) is 7.11 Å². The van der Waals surface area contributed by atoms with Crippen molar-refractivity contribution >= 4 is 0 Å². The average Bonchev–Trinajstić information content (AvgIpc) is 3.15. The van der Waals surface area contributed by atoms with Gasteiger partial charge in [-0.25, -0.2) is 4.98 Å². The van der Waals surface area contributed by atoms with Crippen LogP contribution >= 0.6 is 0 Å². The fraction of sp³-hybridized carbons (Fsp3) is 0.647. The van der Waals surface area contributed by atoms with E-state index in [-0.39, 0.29) is 0 Å². The fourth-order valence-electron chi connectivity index (χ4n) is 3.14. The number of methoxy groups -OCH3 is 1. The number of aliphatic hydroxyl groups excluding tert-OH is 1. The molecular weight excluding hydrogens is 306 g/mol. The lowest BCUT2D eigenvalue weighted by atomic mass is 10.2. The molecule has 0 unspecified atom stereocenters. The number of hydrogen-bond donors (Lipinski definition) is 1. The van der Waals surface area contributed by atoms with Crippen LogP contribution in [-0.4, -0.2) is 49.6 Å². The normalized spacial score (nSPS) is 16.8. The van der Waals surface area contributed by atoms with E-state index >= 15 is 0 Å². The predicted octanol–water partition coefficient (Wildman–Crippen LogP) is 1.58. The molecule has 0 amide bonds.